The minimum absolute atomic E-state index is 0.217. The maximum absolute atomic E-state index is 12.3. The number of fused-ring (bicyclic) bond motifs is 2. The number of carbonyl (C=O) groups is 2. The Morgan fingerprint density at radius 2 is 1.63 bits per heavy atom. The van der Waals surface area contributed by atoms with Crippen molar-refractivity contribution in [2.45, 2.75) is 19.3 Å². The molecule has 0 aliphatic heterocycles. The minimum Gasteiger partial charge on any atom is -0.478 e. The Balaban J connectivity index is 1.89. The molecular weight excluding hydrogens is 242 g/mol. The van der Waals surface area contributed by atoms with Gasteiger partial charge in [0.1, 0.15) is 0 Å². The molecule has 4 nitrogen and oxygen atoms in total. The first-order valence-electron chi connectivity index (χ1n) is 6.21. The lowest BCUT2D eigenvalue weighted by Crippen LogP contribution is -2.20. The summed E-state index contributed by atoms with van der Waals surface area (Å²) in [5, 5.41) is 12.0. The molecule has 96 valence electrons. The number of benzene rings is 1. The van der Waals surface area contributed by atoms with Crippen LogP contribution in [-0.4, -0.2) is 17.0 Å². The number of rotatable bonds is 3. The van der Waals surface area contributed by atoms with Crippen LogP contribution in [0.2, 0.25) is 0 Å². The van der Waals surface area contributed by atoms with E-state index >= 15 is 0 Å². The summed E-state index contributed by atoms with van der Waals surface area (Å²) in [4.78, 5) is 23.5. The zero-order valence-corrected chi connectivity index (χ0v) is 10.3. The van der Waals surface area contributed by atoms with Gasteiger partial charge in [-0.25, -0.2) is 4.79 Å². The van der Waals surface area contributed by atoms with Crippen LogP contribution < -0.4 is 5.32 Å². The molecule has 2 aliphatic carbocycles. The third-order valence-corrected chi connectivity index (χ3v) is 3.59. The van der Waals surface area contributed by atoms with Gasteiger partial charge in [-0.15, -0.1) is 0 Å². The molecule has 2 bridgehead atoms. The third kappa shape index (κ3) is 1.95. The monoisotopic (exact) mass is 255 g/mol. The smallest absolute Gasteiger partial charge is 0.336 e. The fraction of sp³-hybridized carbons (Fsp3) is 0.200. The van der Waals surface area contributed by atoms with E-state index in [1.165, 1.54) is 0 Å². The number of hydrogen-bond acceptors (Lipinski definition) is 2. The number of carboxylic acid groups (broad SMARTS) is 1. The Morgan fingerprint density at radius 3 is 2.26 bits per heavy atom. The molecule has 0 saturated heterocycles. The van der Waals surface area contributed by atoms with Crippen molar-refractivity contribution < 1.29 is 14.7 Å². The summed E-state index contributed by atoms with van der Waals surface area (Å²) < 4.78 is 0. The van der Waals surface area contributed by atoms with E-state index in [1.807, 2.05) is 18.2 Å². The summed E-state index contributed by atoms with van der Waals surface area (Å²) in [7, 11) is 0. The van der Waals surface area contributed by atoms with Crippen molar-refractivity contribution in [3.05, 3.63) is 52.6 Å². The number of amides is 1. The Labute approximate surface area is 110 Å². The number of allylic oxidation sites excluding steroid dienone is 2. The van der Waals surface area contributed by atoms with E-state index in [9.17, 15) is 14.7 Å². The predicted molar refractivity (Wildman–Crippen MR) is 70.6 cm³/mol. The van der Waals surface area contributed by atoms with Crippen LogP contribution in [0.5, 0.6) is 0 Å². The van der Waals surface area contributed by atoms with Crippen molar-refractivity contribution in [3.63, 3.8) is 0 Å². The van der Waals surface area contributed by atoms with E-state index in [2.05, 4.69) is 5.32 Å². The first-order chi connectivity index (χ1) is 9.16. The van der Waals surface area contributed by atoms with Gasteiger partial charge in [0, 0.05) is 5.69 Å². The fourth-order valence-corrected chi connectivity index (χ4v) is 2.76. The van der Waals surface area contributed by atoms with Crippen LogP contribution in [0.25, 0.3) is 0 Å². The van der Waals surface area contributed by atoms with Gasteiger partial charge in [-0.2, -0.15) is 0 Å². The Morgan fingerprint density at radius 1 is 1.00 bits per heavy atom. The molecule has 1 aromatic rings. The number of carbonyl (C=O) groups excluding carboxylic acids is 1. The summed E-state index contributed by atoms with van der Waals surface area (Å²) in [6.45, 7) is 0. The lowest BCUT2D eigenvalue weighted by Gasteiger charge is -2.12. The maximum Gasteiger partial charge on any atom is 0.336 e. The fourth-order valence-electron chi connectivity index (χ4n) is 2.76. The van der Waals surface area contributed by atoms with Crippen LogP contribution in [-0.2, 0) is 9.59 Å². The molecule has 1 fully saturated rings. The number of hydrogen-bond donors (Lipinski definition) is 2. The highest BCUT2D eigenvalue weighted by Crippen LogP contribution is 2.44. The summed E-state index contributed by atoms with van der Waals surface area (Å²) in [6.07, 6.45) is 2.24. The van der Waals surface area contributed by atoms with Gasteiger partial charge in [0.2, 0.25) is 0 Å². The van der Waals surface area contributed by atoms with Crippen LogP contribution >= 0.6 is 0 Å². The molecule has 0 heterocycles. The van der Waals surface area contributed by atoms with E-state index in [0.717, 1.165) is 24.0 Å². The molecule has 1 aromatic carbocycles. The van der Waals surface area contributed by atoms with Crippen LogP contribution in [0.3, 0.4) is 0 Å². The van der Waals surface area contributed by atoms with Crippen molar-refractivity contribution >= 4 is 17.6 Å². The Kier molecular flexibility index (Phi) is 2.71. The van der Waals surface area contributed by atoms with E-state index in [4.69, 9.17) is 0 Å². The zero-order valence-electron chi connectivity index (χ0n) is 10.3. The number of carboxylic acids is 1. The summed E-state index contributed by atoms with van der Waals surface area (Å²) in [6, 6.07) is 9.07. The lowest BCUT2D eigenvalue weighted by atomic mass is 9.97. The average molecular weight is 255 g/mol. The highest BCUT2D eigenvalue weighted by atomic mass is 16.4. The molecule has 1 amide bonds. The largest absolute Gasteiger partial charge is 0.478 e. The van der Waals surface area contributed by atoms with Crippen LogP contribution in [0.4, 0.5) is 5.69 Å². The number of para-hydroxylation sites is 1. The van der Waals surface area contributed by atoms with E-state index in [-0.39, 0.29) is 11.5 Å². The predicted octanol–water partition coefficient (Wildman–Crippen LogP) is 2.50. The third-order valence-electron chi connectivity index (χ3n) is 3.59. The molecule has 0 spiro atoms. The molecule has 0 unspecified atom stereocenters. The zero-order chi connectivity index (χ0) is 13.4. The van der Waals surface area contributed by atoms with Gasteiger partial charge in [0.15, 0.2) is 0 Å². The van der Waals surface area contributed by atoms with Gasteiger partial charge < -0.3 is 10.4 Å². The van der Waals surface area contributed by atoms with Crippen molar-refractivity contribution in [2.75, 3.05) is 5.32 Å². The summed E-state index contributed by atoms with van der Waals surface area (Å²) >= 11 is 0. The highest BCUT2D eigenvalue weighted by molar-refractivity contribution is 6.16. The summed E-state index contributed by atoms with van der Waals surface area (Å²) in [5.41, 5.74) is 3.12. The molecule has 3 rings (SSSR count). The molecule has 0 radical (unpaired) electrons. The molecule has 2 N–H and O–H groups in total. The normalized spacial score (nSPS) is 17.1. The highest BCUT2D eigenvalue weighted by Gasteiger charge is 2.36. The van der Waals surface area contributed by atoms with Gasteiger partial charge in [0.05, 0.1) is 11.1 Å². The first kappa shape index (κ1) is 11.7. The van der Waals surface area contributed by atoms with Crippen LogP contribution in [0, 0.1) is 0 Å². The maximum atomic E-state index is 12.3. The average Bonchev–Trinajstić information content (AvgIpc) is 2.99. The van der Waals surface area contributed by atoms with Crippen molar-refractivity contribution in [2.24, 2.45) is 0 Å². The van der Waals surface area contributed by atoms with Crippen LogP contribution in [0.15, 0.2) is 52.6 Å². The molecule has 0 atom stereocenters. The SMILES string of the molecule is O=C(O)C1=C2CCC(=C1C(=O)Nc1ccccc1)C2. The standard InChI is InChI=1S/C15H13NO3/c17-14(16-11-4-2-1-3-5-11)12-9-6-7-10(8-9)13(12)15(18)19/h1-5H,6-8H2,(H,16,17)(H,18,19). The second-order valence-corrected chi connectivity index (χ2v) is 4.76. The van der Waals surface area contributed by atoms with Crippen molar-refractivity contribution in [1.82, 2.24) is 0 Å². The minimum atomic E-state index is -0.997. The Bertz CT molecular complexity index is 626. The Hall–Kier alpha value is -2.36. The molecule has 0 aromatic heterocycles. The van der Waals surface area contributed by atoms with Gasteiger partial charge in [-0.1, -0.05) is 29.3 Å². The van der Waals surface area contributed by atoms with Gasteiger partial charge in [0.25, 0.3) is 5.91 Å². The lowest BCUT2D eigenvalue weighted by molar-refractivity contribution is -0.132. The number of aliphatic carboxylic acids is 1. The van der Waals surface area contributed by atoms with Crippen molar-refractivity contribution in [1.29, 1.82) is 0 Å². The molecule has 2 aliphatic rings. The van der Waals surface area contributed by atoms with E-state index in [0.29, 0.717) is 17.7 Å². The second kappa shape index (κ2) is 4.39. The van der Waals surface area contributed by atoms with E-state index < -0.39 is 5.97 Å². The number of anilines is 1. The van der Waals surface area contributed by atoms with Crippen molar-refractivity contribution in [3.8, 4) is 0 Å². The quantitative estimate of drug-likeness (QED) is 0.872. The van der Waals surface area contributed by atoms with Crippen LogP contribution in [0.1, 0.15) is 19.3 Å². The van der Waals surface area contributed by atoms with Gasteiger partial charge >= 0.3 is 5.97 Å². The molecule has 19 heavy (non-hydrogen) atoms. The summed E-state index contributed by atoms with van der Waals surface area (Å²) in [5.74, 6) is -1.31. The topological polar surface area (TPSA) is 66.4 Å². The van der Waals surface area contributed by atoms with E-state index in [1.54, 1.807) is 12.1 Å². The first-order valence-corrected chi connectivity index (χ1v) is 6.21. The molecular formula is C15H13NO3. The van der Waals surface area contributed by atoms with Gasteiger partial charge in [-0.3, -0.25) is 4.79 Å². The molecule has 1 saturated carbocycles. The number of nitrogens with one attached hydrogen (secondary N) is 1. The second-order valence-electron chi connectivity index (χ2n) is 4.76. The van der Waals surface area contributed by atoms with Gasteiger partial charge in [-0.05, 0) is 31.4 Å². The molecule has 4 heteroatoms.